The zero-order valence-electron chi connectivity index (χ0n) is 19.5. The van der Waals surface area contributed by atoms with E-state index in [4.69, 9.17) is 0 Å². The molecule has 1 N–H and O–H groups in total. The van der Waals surface area contributed by atoms with Crippen LogP contribution in [-0.2, 0) is 9.59 Å². The van der Waals surface area contributed by atoms with Crippen LogP contribution in [0.15, 0.2) is 82.8 Å². The van der Waals surface area contributed by atoms with E-state index in [1.165, 1.54) is 4.90 Å². The minimum absolute atomic E-state index is 0.0921. The van der Waals surface area contributed by atoms with Gasteiger partial charge in [0, 0.05) is 34.5 Å². The third kappa shape index (κ3) is 4.26. The van der Waals surface area contributed by atoms with Crippen molar-refractivity contribution in [3.63, 3.8) is 0 Å². The van der Waals surface area contributed by atoms with Crippen molar-refractivity contribution in [3.05, 3.63) is 99.5 Å². The van der Waals surface area contributed by atoms with E-state index in [0.29, 0.717) is 11.3 Å². The van der Waals surface area contributed by atoms with Crippen molar-refractivity contribution in [1.82, 2.24) is 0 Å². The molecule has 1 atom stereocenters. The number of aryl methyl sites for hydroxylation is 1. The predicted octanol–water partition coefficient (Wildman–Crippen LogP) is 6.23. The monoisotopic (exact) mass is 518 g/mol. The Bertz CT molecular complexity index is 1250. The van der Waals surface area contributed by atoms with Crippen LogP contribution in [0.4, 0.5) is 11.4 Å². The van der Waals surface area contributed by atoms with E-state index >= 15 is 0 Å². The summed E-state index contributed by atoms with van der Waals surface area (Å²) < 4.78 is 0.855. The van der Waals surface area contributed by atoms with Crippen molar-refractivity contribution in [3.8, 4) is 0 Å². The number of aliphatic hydroxyl groups excluding tert-OH is 1. The molecule has 0 spiro atoms. The van der Waals surface area contributed by atoms with Crippen LogP contribution >= 0.6 is 15.9 Å². The van der Waals surface area contributed by atoms with E-state index in [2.05, 4.69) is 34.7 Å². The summed E-state index contributed by atoms with van der Waals surface area (Å²) in [5.41, 5.74) is 3.97. The molecule has 0 aromatic heterocycles. The van der Waals surface area contributed by atoms with Gasteiger partial charge in [0.2, 0.25) is 0 Å². The average Bonchev–Trinajstić information content (AvgIpc) is 3.11. The molecular weight excluding hydrogens is 492 g/mol. The van der Waals surface area contributed by atoms with E-state index in [-0.39, 0.29) is 11.3 Å². The lowest BCUT2D eigenvalue weighted by Gasteiger charge is -2.27. The summed E-state index contributed by atoms with van der Waals surface area (Å²) in [4.78, 5) is 30.4. The summed E-state index contributed by atoms with van der Waals surface area (Å²) in [6.07, 6.45) is 0. The quantitative estimate of drug-likeness (QED) is 0.238. The fourth-order valence-electron chi connectivity index (χ4n) is 4.46. The number of nitrogens with zero attached hydrogens (tertiary/aromatic N) is 2. The number of aliphatic hydroxyl groups is 1. The van der Waals surface area contributed by atoms with Gasteiger partial charge < -0.3 is 10.0 Å². The van der Waals surface area contributed by atoms with Gasteiger partial charge in [-0.25, -0.2) is 0 Å². The molecule has 1 unspecified atom stereocenters. The Morgan fingerprint density at radius 3 is 2.15 bits per heavy atom. The Morgan fingerprint density at radius 2 is 1.56 bits per heavy atom. The van der Waals surface area contributed by atoms with Gasteiger partial charge in [-0.1, -0.05) is 52.3 Å². The lowest BCUT2D eigenvalue weighted by atomic mass is 9.92. The molecule has 34 heavy (non-hydrogen) atoms. The fraction of sp³-hybridized carbons (Fsp3) is 0.214. The van der Waals surface area contributed by atoms with E-state index in [1.54, 1.807) is 24.3 Å². The molecule has 5 nitrogen and oxygen atoms in total. The van der Waals surface area contributed by atoms with Gasteiger partial charge in [-0.05, 0) is 68.3 Å². The SMILES string of the molecule is CCN(CC)c1ccc(N2C(=O)C(=O)/C(=C(/O)c3ccc(Br)cc3)C2c2ccccc2C)cc1. The molecule has 174 valence electrons. The second-order valence-corrected chi connectivity index (χ2v) is 9.14. The number of ketones is 1. The number of anilines is 2. The first-order valence-electron chi connectivity index (χ1n) is 11.3. The fourth-order valence-corrected chi connectivity index (χ4v) is 4.73. The minimum atomic E-state index is -0.732. The Balaban J connectivity index is 1.88. The van der Waals surface area contributed by atoms with Gasteiger partial charge in [0.05, 0.1) is 11.6 Å². The third-order valence-corrected chi connectivity index (χ3v) is 6.83. The molecular formula is C28H27BrN2O3. The molecule has 6 heteroatoms. The Labute approximate surface area is 208 Å². The third-order valence-electron chi connectivity index (χ3n) is 6.30. The Morgan fingerprint density at radius 1 is 0.941 bits per heavy atom. The van der Waals surface area contributed by atoms with Gasteiger partial charge in [-0.3, -0.25) is 14.5 Å². The largest absolute Gasteiger partial charge is 0.507 e. The van der Waals surface area contributed by atoms with Crippen LogP contribution in [0.25, 0.3) is 5.76 Å². The molecule has 1 saturated heterocycles. The summed E-state index contributed by atoms with van der Waals surface area (Å²) in [5.74, 6) is -1.52. The Hall–Kier alpha value is -3.38. The van der Waals surface area contributed by atoms with Crippen molar-refractivity contribution in [2.75, 3.05) is 22.9 Å². The lowest BCUT2D eigenvalue weighted by molar-refractivity contribution is -0.132. The van der Waals surface area contributed by atoms with Crippen LogP contribution in [0.1, 0.15) is 36.6 Å². The number of hydrogen-bond donors (Lipinski definition) is 1. The molecule has 1 fully saturated rings. The highest BCUT2D eigenvalue weighted by Crippen LogP contribution is 2.43. The first-order valence-corrected chi connectivity index (χ1v) is 12.1. The summed E-state index contributed by atoms with van der Waals surface area (Å²) in [5, 5.41) is 11.2. The second kappa shape index (κ2) is 9.85. The number of Topliss-reactive ketones (excluding diaryl/α,β-unsaturated/α-hetero) is 1. The zero-order chi connectivity index (χ0) is 24.4. The van der Waals surface area contributed by atoms with E-state index in [9.17, 15) is 14.7 Å². The number of halogens is 1. The van der Waals surface area contributed by atoms with Crippen LogP contribution in [-0.4, -0.2) is 29.9 Å². The summed E-state index contributed by atoms with van der Waals surface area (Å²) in [7, 11) is 0. The van der Waals surface area contributed by atoms with Gasteiger partial charge in [0.1, 0.15) is 5.76 Å². The van der Waals surface area contributed by atoms with Gasteiger partial charge in [-0.2, -0.15) is 0 Å². The first-order chi connectivity index (χ1) is 16.4. The number of benzene rings is 3. The van der Waals surface area contributed by atoms with Crippen molar-refractivity contribution < 1.29 is 14.7 Å². The topological polar surface area (TPSA) is 60.9 Å². The van der Waals surface area contributed by atoms with Crippen LogP contribution in [0.5, 0.6) is 0 Å². The van der Waals surface area contributed by atoms with Crippen LogP contribution in [0.2, 0.25) is 0 Å². The van der Waals surface area contributed by atoms with Crippen molar-refractivity contribution >= 4 is 44.8 Å². The summed E-state index contributed by atoms with van der Waals surface area (Å²) in [6, 6.07) is 21.6. The van der Waals surface area contributed by atoms with Crippen LogP contribution in [0, 0.1) is 6.92 Å². The predicted molar refractivity (Wildman–Crippen MR) is 140 cm³/mol. The molecule has 0 aliphatic carbocycles. The van der Waals surface area contributed by atoms with Crippen molar-refractivity contribution in [2.24, 2.45) is 0 Å². The number of amides is 1. The number of hydrogen-bond acceptors (Lipinski definition) is 4. The highest BCUT2D eigenvalue weighted by Gasteiger charge is 2.47. The molecule has 0 saturated carbocycles. The van der Waals surface area contributed by atoms with Gasteiger partial charge in [0.25, 0.3) is 11.7 Å². The highest BCUT2D eigenvalue weighted by molar-refractivity contribution is 9.10. The zero-order valence-corrected chi connectivity index (χ0v) is 21.0. The van der Waals surface area contributed by atoms with E-state index in [0.717, 1.165) is 34.4 Å². The molecule has 0 radical (unpaired) electrons. The maximum Gasteiger partial charge on any atom is 0.300 e. The molecule has 1 amide bonds. The van der Waals surface area contributed by atoms with Gasteiger partial charge >= 0.3 is 0 Å². The van der Waals surface area contributed by atoms with Crippen molar-refractivity contribution in [1.29, 1.82) is 0 Å². The van der Waals surface area contributed by atoms with Crippen molar-refractivity contribution in [2.45, 2.75) is 26.8 Å². The van der Waals surface area contributed by atoms with Crippen LogP contribution in [0.3, 0.4) is 0 Å². The second-order valence-electron chi connectivity index (χ2n) is 8.22. The maximum absolute atomic E-state index is 13.3. The first kappa shape index (κ1) is 23.8. The average molecular weight is 519 g/mol. The maximum atomic E-state index is 13.3. The minimum Gasteiger partial charge on any atom is -0.507 e. The molecule has 0 bridgehead atoms. The summed E-state index contributed by atoms with van der Waals surface area (Å²) in [6.45, 7) is 7.87. The number of carbonyl (C=O) groups is 2. The molecule has 3 aromatic rings. The lowest BCUT2D eigenvalue weighted by Crippen LogP contribution is -2.30. The molecule has 1 aliphatic heterocycles. The van der Waals surface area contributed by atoms with Crippen LogP contribution < -0.4 is 9.80 Å². The van der Waals surface area contributed by atoms with Gasteiger partial charge in [0.15, 0.2) is 0 Å². The smallest absolute Gasteiger partial charge is 0.300 e. The normalized spacial score (nSPS) is 17.3. The summed E-state index contributed by atoms with van der Waals surface area (Å²) >= 11 is 3.39. The molecule has 3 aromatic carbocycles. The molecule has 4 rings (SSSR count). The Kier molecular flexibility index (Phi) is 6.89. The van der Waals surface area contributed by atoms with Gasteiger partial charge in [-0.15, -0.1) is 0 Å². The van der Waals surface area contributed by atoms with E-state index in [1.807, 2.05) is 55.5 Å². The number of carbonyl (C=O) groups excluding carboxylic acids is 2. The highest BCUT2D eigenvalue weighted by atomic mass is 79.9. The number of rotatable bonds is 6. The molecule has 1 heterocycles. The van der Waals surface area contributed by atoms with E-state index < -0.39 is 17.7 Å². The molecule has 1 aliphatic rings. The standard InChI is InChI=1S/C28H27BrN2O3/c1-4-30(5-2)21-14-16-22(17-15-21)31-25(23-9-7-6-8-18(23)3)24(27(33)28(31)34)26(32)19-10-12-20(29)13-11-19/h6-17,25,32H,4-5H2,1-3H3/b26-24+.